The largest absolute Gasteiger partial charge is 0.452 e. The lowest BCUT2D eigenvalue weighted by molar-refractivity contribution is 0.409. The Morgan fingerprint density at radius 1 is 1.53 bits per heavy atom. The molecule has 1 atom stereocenters. The zero-order valence-corrected chi connectivity index (χ0v) is 12.5. The molecule has 0 aliphatic heterocycles. The fraction of sp³-hybridized carbons (Fsp3) is 0.364. The van der Waals surface area contributed by atoms with Crippen LogP contribution in [0.2, 0.25) is 0 Å². The van der Waals surface area contributed by atoms with E-state index in [-0.39, 0.29) is 0 Å². The monoisotopic (exact) mass is 361 g/mol. The summed E-state index contributed by atoms with van der Waals surface area (Å²) in [5.41, 5.74) is 0. The van der Waals surface area contributed by atoms with Crippen molar-refractivity contribution < 1.29 is 4.42 Å². The molecule has 0 fully saturated rings. The number of rotatable bonds is 5. The number of hydrogen-bond donors (Lipinski definition) is 1. The fourth-order valence-electron chi connectivity index (χ4n) is 1.51. The number of furan rings is 1. The minimum absolute atomic E-state index is 0.331. The van der Waals surface area contributed by atoms with Crippen LogP contribution in [0, 0.1) is 0 Å². The first-order chi connectivity index (χ1) is 8.15. The first-order valence-electron chi connectivity index (χ1n) is 5.29. The maximum atomic E-state index is 5.48. The maximum Gasteiger partial charge on any atom is 0.183 e. The third-order valence-corrected chi connectivity index (χ3v) is 4.05. The standard InChI is InChI=1S/C11H13Br2N3O/c1-8(7-16-4-2-3-15-16)14-6-9-5-10(12)11(13)17-9/h2-5,8,14H,6-7H2,1H3. The molecule has 0 saturated carbocycles. The van der Waals surface area contributed by atoms with Gasteiger partial charge in [-0.1, -0.05) is 0 Å². The van der Waals surface area contributed by atoms with Crippen LogP contribution in [0.3, 0.4) is 0 Å². The first-order valence-corrected chi connectivity index (χ1v) is 6.88. The van der Waals surface area contributed by atoms with Crippen LogP contribution in [0.25, 0.3) is 0 Å². The van der Waals surface area contributed by atoms with Crippen molar-refractivity contribution in [3.05, 3.63) is 39.4 Å². The van der Waals surface area contributed by atoms with Gasteiger partial charge in [-0.3, -0.25) is 4.68 Å². The first kappa shape index (κ1) is 12.9. The van der Waals surface area contributed by atoms with Gasteiger partial charge >= 0.3 is 0 Å². The van der Waals surface area contributed by atoms with Crippen LogP contribution >= 0.6 is 31.9 Å². The van der Waals surface area contributed by atoms with Crippen LogP contribution in [0.4, 0.5) is 0 Å². The smallest absolute Gasteiger partial charge is 0.183 e. The Balaban J connectivity index is 1.81. The predicted molar refractivity (Wildman–Crippen MR) is 72.6 cm³/mol. The Kier molecular flexibility index (Phi) is 4.42. The Labute approximate surface area is 117 Å². The molecule has 6 heteroatoms. The van der Waals surface area contributed by atoms with Gasteiger partial charge in [0.15, 0.2) is 4.67 Å². The second kappa shape index (κ2) is 5.84. The van der Waals surface area contributed by atoms with Crippen molar-refractivity contribution in [3.63, 3.8) is 0 Å². The molecule has 0 radical (unpaired) electrons. The summed E-state index contributed by atoms with van der Waals surface area (Å²) in [6, 6.07) is 4.21. The Hall–Kier alpha value is -0.590. The van der Waals surface area contributed by atoms with Gasteiger partial charge in [-0.2, -0.15) is 5.10 Å². The summed E-state index contributed by atoms with van der Waals surface area (Å²) in [7, 11) is 0. The van der Waals surface area contributed by atoms with Gasteiger partial charge in [0.05, 0.1) is 17.6 Å². The van der Waals surface area contributed by atoms with E-state index < -0.39 is 0 Å². The molecule has 0 bridgehead atoms. The maximum absolute atomic E-state index is 5.48. The van der Waals surface area contributed by atoms with Crippen LogP contribution in [0.1, 0.15) is 12.7 Å². The molecule has 2 aromatic rings. The molecule has 1 N–H and O–H groups in total. The molecule has 0 aromatic carbocycles. The van der Waals surface area contributed by atoms with Crippen molar-refractivity contribution >= 4 is 31.9 Å². The number of nitrogens with zero attached hydrogens (tertiary/aromatic N) is 2. The predicted octanol–water partition coefficient (Wildman–Crippen LogP) is 3.18. The summed E-state index contributed by atoms with van der Waals surface area (Å²) in [6.07, 6.45) is 3.74. The third kappa shape index (κ3) is 3.69. The Morgan fingerprint density at radius 3 is 2.94 bits per heavy atom. The highest BCUT2D eigenvalue weighted by Crippen LogP contribution is 2.26. The van der Waals surface area contributed by atoms with Crippen molar-refractivity contribution in [3.8, 4) is 0 Å². The molecule has 2 rings (SSSR count). The second-order valence-corrected chi connectivity index (χ2v) is 5.42. The van der Waals surface area contributed by atoms with Crippen LogP contribution in [0.15, 0.2) is 38.1 Å². The molecule has 92 valence electrons. The Morgan fingerprint density at radius 2 is 2.35 bits per heavy atom. The zero-order valence-electron chi connectivity index (χ0n) is 9.36. The molecule has 0 spiro atoms. The molecular formula is C11H13Br2N3O. The van der Waals surface area contributed by atoms with Crippen LogP contribution in [-0.4, -0.2) is 15.8 Å². The summed E-state index contributed by atoms with van der Waals surface area (Å²) >= 11 is 6.71. The number of aromatic nitrogens is 2. The number of halogens is 2. The lowest BCUT2D eigenvalue weighted by Crippen LogP contribution is -2.29. The second-order valence-electron chi connectivity index (χ2n) is 3.84. The summed E-state index contributed by atoms with van der Waals surface area (Å²) in [5, 5.41) is 7.55. The average Bonchev–Trinajstić information content (AvgIpc) is 2.87. The topological polar surface area (TPSA) is 43.0 Å². The highest BCUT2D eigenvalue weighted by molar-refractivity contribution is 9.13. The van der Waals surface area contributed by atoms with Gasteiger partial charge in [-0.25, -0.2) is 0 Å². The van der Waals surface area contributed by atoms with E-state index in [1.165, 1.54) is 0 Å². The van der Waals surface area contributed by atoms with Gasteiger partial charge in [-0.05, 0) is 50.9 Å². The molecule has 1 unspecified atom stereocenters. The van der Waals surface area contributed by atoms with E-state index >= 15 is 0 Å². The lowest BCUT2D eigenvalue weighted by Gasteiger charge is -2.12. The molecular weight excluding hydrogens is 350 g/mol. The van der Waals surface area contributed by atoms with Crippen molar-refractivity contribution in [2.75, 3.05) is 0 Å². The van der Waals surface area contributed by atoms with Crippen molar-refractivity contribution in [1.29, 1.82) is 0 Å². The van der Waals surface area contributed by atoms with Crippen LogP contribution in [0.5, 0.6) is 0 Å². The van der Waals surface area contributed by atoms with E-state index in [2.05, 4.69) is 49.2 Å². The highest BCUT2D eigenvalue weighted by atomic mass is 79.9. The molecule has 0 aliphatic rings. The lowest BCUT2D eigenvalue weighted by atomic mass is 10.3. The molecule has 0 amide bonds. The van der Waals surface area contributed by atoms with E-state index in [0.717, 1.165) is 21.4 Å². The van der Waals surface area contributed by atoms with E-state index in [4.69, 9.17) is 4.42 Å². The summed E-state index contributed by atoms with van der Waals surface area (Å²) in [5.74, 6) is 0.899. The van der Waals surface area contributed by atoms with E-state index in [1.54, 1.807) is 6.20 Å². The van der Waals surface area contributed by atoms with Crippen molar-refractivity contribution in [1.82, 2.24) is 15.1 Å². The fourth-order valence-corrected chi connectivity index (χ4v) is 2.17. The van der Waals surface area contributed by atoms with E-state index in [9.17, 15) is 0 Å². The van der Waals surface area contributed by atoms with Gasteiger partial charge in [-0.15, -0.1) is 0 Å². The van der Waals surface area contributed by atoms with Gasteiger partial charge < -0.3 is 9.73 Å². The van der Waals surface area contributed by atoms with Gasteiger partial charge in [0, 0.05) is 18.4 Å². The third-order valence-electron chi connectivity index (χ3n) is 2.34. The highest BCUT2D eigenvalue weighted by Gasteiger charge is 2.08. The van der Waals surface area contributed by atoms with Crippen LogP contribution in [-0.2, 0) is 13.1 Å². The average molecular weight is 363 g/mol. The Bertz CT molecular complexity index is 448. The minimum atomic E-state index is 0.331. The summed E-state index contributed by atoms with van der Waals surface area (Å²) in [6.45, 7) is 3.66. The van der Waals surface area contributed by atoms with Gasteiger partial charge in [0.1, 0.15) is 5.76 Å². The molecule has 0 aliphatic carbocycles. The number of hydrogen-bond acceptors (Lipinski definition) is 3. The van der Waals surface area contributed by atoms with Crippen LogP contribution < -0.4 is 5.32 Å². The zero-order chi connectivity index (χ0) is 12.3. The van der Waals surface area contributed by atoms with Gasteiger partial charge in [0.2, 0.25) is 0 Å². The molecule has 17 heavy (non-hydrogen) atoms. The summed E-state index contributed by atoms with van der Waals surface area (Å²) < 4.78 is 9.06. The SMILES string of the molecule is CC(Cn1cccn1)NCc1cc(Br)c(Br)o1. The molecule has 4 nitrogen and oxygen atoms in total. The normalized spacial score (nSPS) is 12.9. The quantitative estimate of drug-likeness (QED) is 0.888. The van der Waals surface area contributed by atoms with Crippen molar-refractivity contribution in [2.24, 2.45) is 0 Å². The number of nitrogens with one attached hydrogen (secondary N) is 1. The summed E-state index contributed by atoms with van der Waals surface area (Å²) in [4.78, 5) is 0. The molecule has 2 aromatic heterocycles. The van der Waals surface area contributed by atoms with E-state index in [1.807, 2.05) is 23.0 Å². The minimum Gasteiger partial charge on any atom is -0.452 e. The molecule has 2 heterocycles. The van der Waals surface area contributed by atoms with Gasteiger partial charge in [0.25, 0.3) is 0 Å². The van der Waals surface area contributed by atoms with Crippen molar-refractivity contribution in [2.45, 2.75) is 26.1 Å². The molecule has 0 saturated heterocycles. The van der Waals surface area contributed by atoms with E-state index in [0.29, 0.717) is 12.6 Å².